The Kier molecular flexibility index (Phi) is 4.77. The number of nitrogens with zero attached hydrogens (tertiary/aromatic N) is 3. The Bertz CT molecular complexity index is 982. The van der Waals surface area contributed by atoms with E-state index in [2.05, 4.69) is 23.9 Å². The van der Waals surface area contributed by atoms with Crippen molar-refractivity contribution in [2.24, 2.45) is 46.8 Å². The molecule has 6 rings (SSSR count). The fourth-order valence-electron chi connectivity index (χ4n) is 8.92. The third-order valence-electron chi connectivity index (χ3n) is 10.4. The highest BCUT2D eigenvalue weighted by molar-refractivity contribution is 5.84. The van der Waals surface area contributed by atoms with Gasteiger partial charge in [-0.2, -0.15) is 5.10 Å². The first kappa shape index (κ1) is 19.9. The average Bonchev–Trinajstić information content (AvgIpc) is 3.34. The highest BCUT2D eigenvalue weighted by Crippen LogP contribution is 2.64. The van der Waals surface area contributed by atoms with Gasteiger partial charge in [0, 0.05) is 17.5 Å². The van der Waals surface area contributed by atoms with Crippen LogP contribution >= 0.6 is 0 Å². The summed E-state index contributed by atoms with van der Waals surface area (Å²) in [6, 6.07) is 1.97. The fraction of sp³-hybridized carbons (Fsp3) is 0.741. The zero-order valence-electron chi connectivity index (χ0n) is 19.2. The van der Waals surface area contributed by atoms with E-state index in [0.717, 1.165) is 52.8 Å². The summed E-state index contributed by atoms with van der Waals surface area (Å²) < 4.78 is 1.88. The number of hydrogen-bond acceptors (Lipinski definition) is 3. The van der Waals surface area contributed by atoms with E-state index in [9.17, 15) is 4.79 Å². The summed E-state index contributed by atoms with van der Waals surface area (Å²) in [6.07, 6.45) is 17.7. The van der Waals surface area contributed by atoms with E-state index >= 15 is 0 Å². The molecule has 8 atom stereocenters. The van der Waals surface area contributed by atoms with E-state index < -0.39 is 0 Å². The molecule has 2 aromatic heterocycles. The van der Waals surface area contributed by atoms with Crippen LogP contribution in [0.25, 0.3) is 10.9 Å². The lowest BCUT2D eigenvalue weighted by atomic mass is 9.49. The number of fused-ring (bicyclic) bond motifs is 6. The molecular weight excluding hydrogens is 382 g/mol. The molecule has 4 nitrogen and oxygen atoms in total. The van der Waals surface area contributed by atoms with Crippen molar-refractivity contribution >= 4 is 16.7 Å². The van der Waals surface area contributed by atoms with Gasteiger partial charge < -0.3 is 0 Å². The minimum Gasteiger partial charge on any atom is -0.297 e. The van der Waals surface area contributed by atoms with Gasteiger partial charge >= 0.3 is 0 Å². The lowest BCUT2D eigenvalue weighted by Gasteiger charge is -2.56. The summed E-state index contributed by atoms with van der Waals surface area (Å²) in [5.74, 6) is 6.11. The molecule has 4 heteroatoms. The third kappa shape index (κ3) is 3.11. The van der Waals surface area contributed by atoms with Crippen LogP contribution in [0.3, 0.4) is 0 Å². The van der Waals surface area contributed by atoms with E-state index in [0.29, 0.717) is 12.3 Å². The van der Waals surface area contributed by atoms with E-state index in [1.54, 1.807) is 6.20 Å². The second kappa shape index (κ2) is 7.42. The van der Waals surface area contributed by atoms with E-state index in [1.807, 2.05) is 23.1 Å². The lowest BCUT2D eigenvalue weighted by molar-refractivity contribution is -0.131. The molecule has 0 aliphatic heterocycles. The molecule has 0 bridgehead atoms. The summed E-state index contributed by atoms with van der Waals surface area (Å²) in [6.45, 7) is 5.34. The van der Waals surface area contributed by atoms with Crippen LogP contribution in [0.4, 0.5) is 0 Å². The predicted molar refractivity (Wildman–Crippen MR) is 122 cm³/mol. The van der Waals surface area contributed by atoms with E-state index in [4.69, 9.17) is 0 Å². The van der Waals surface area contributed by atoms with Gasteiger partial charge in [0.15, 0.2) is 5.78 Å². The molecule has 166 valence electrons. The second-order valence-corrected chi connectivity index (χ2v) is 11.7. The van der Waals surface area contributed by atoms with Gasteiger partial charge in [-0.25, -0.2) is 0 Å². The van der Waals surface area contributed by atoms with Gasteiger partial charge in [0.25, 0.3) is 0 Å². The monoisotopic (exact) mass is 419 g/mol. The van der Waals surface area contributed by atoms with Gasteiger partial charge in [0.2, 0.25) is 0 Å². The average molecular weight is 420 g/mol. The van der Waals surface area contributed by atoms with Gasteiger partial charge in [0.05, 0.1) is 17.9 Å². The zero-order valence-corrected chi connectivity index (χ0v) is 19.2. The van der Waals surface area contributed by atoms with Crippen molar-refractivity contribution in [1.29, 1.82) is 0 Å². The predicted octanol–water partition coefficient (Wildman–Crippen LogP) is 5.91. The second-order valence-electron chi connectivity index (χ2n) is 11.7. The first-order valence-corrected chi connectivity index (χ1v) is 12.8. The molecule has 4 saturated carbocycles. The summed E-state index contributed by atoms with van der Waals surface area (Å²) in [4.78, 5) is 17.8. The fourth-order valence-corrected chi connectivity index (χ4v) is 8.92. The van der Waals surface area contributed by atoms with Crippen molar-refractivity contribution in [3.63, 3.8) is 0 Å². The molecule has 8 unspecified atom stereocenters. The van der Waals surface area contributed by atoms with Crippen molar-refractivity contribution in [2.75, 3.05) is 0 Å². The molecule has 0 amide bonds. The molecule has 31 heavy (non-hydrogen) atoms. The van der Waals surface area contributed by atoms with Crippen molar-refractivity contribution in [2.45, 2.75) is 78.2 Å². The number of carbonyl (C=O) groups is 1. The van der Waals surface area contributed by atoms with Gasteiger partial charge in [0.1, 0.15) is 6.54 Å². The number of carbonyl (C=O) groups excluding carboxylic acids is 1. The maximum Gasteiger partial charge on any atom is 0.157 e. The number of Topliss-reactive ketones (excluding diaryl/α,β-unsaturated/α-hetero) is 1. The molecule has 4 fully saturated rings. The molecular formula is C27H37N3O. The van der Waals surface area contributed by atoms with E-state index in [1.165, 1.54) is 51.4 Å². The summed E-state index contributed by atoms with van der Waals surface area (Å²) in [5.41, 5.74) is 1.18. The van der Waals surface area contributed by atoms with Crippen LogP contribution in [0.15, 0.2) is 24.7 Å². The van der Waals surface area contributed by atoms with Crippen LogP contribution in [0.2, 0.25) is 0 Å². The van der Waals surface area contributed by atoms with Crippen LogP contribution < -0.4 is 0 Å². The van der Waals surface area contributed by atoms with Gasteiger partial charge in [-0.1, -0.05) is 20.3 Å². The topological polar surface area (TPSA) is 47.8 Å². The maximum absolute atomic E-state index is 13.6. The molecule has 0 spiro atoms. The number of pyridine rings is 1. The van der Waals surface area contributed by atoms with E-state index in [-0.39, 0.29) is 11.3 Å². The Hall–Kier alpha value is -1.71. The normalized spacial score (nSPS) is 42.1. The quantitative estimate of drug-likeness (QED) is 0.622. The van der Waals surface area contributed by atoms with Crippen LogP contribution in [-0.4, -0.2) is 20.5 Å². The molecule has 2 aromatic rings. The van der Waals surface area contributed by atoms with Crippen LogP contribution in [0.5, 0.6) is 0 Å². The summed E-state index contributed by atoms with van der Waals surface area (Å²) >= 11 is 0. The molecule has 4 aliphatic rings. The Morgan fingerprint density at radius 1 is 1.06 bits per heavy atom. The van der Waals surface area contributed by atoms with Gasteiger partial charge in [-0.15, -0.1) is 0 Å². The lowest BCUT2D eigenvalue weighted by Crippen LogP contribution is -2.49. The SMILES string of the molecule is CC1CCC2C(CCC3C2CCC2(C)C(C(=O)Cn4ncc5ccncc54)CCC32)C1. The Labute approximate surface area is 186 Å². The van der Waals surface area contributed by atoms with Crippen LogP contribution in [0, 0.1) is 46.8 Å². The van der Waals surface area contributed by atoms with Gasteiger partial charge in [-0.05, 0) is 98.4 Å². The summed E-state index contributed by atoms with van der Waals surface area (Å²) in [5, 5.41) is 5.57. The molecule has 0 saturated heterocycles. The highest BCUT2D eigenvalue weighted by atomic mass is 16.1. The standard InChI is InChI=1S/C27H37N3O/c1-17-3-5-20-18(13-17)4-6-22-21(20)9-11-27(2)23(22)7-8-24(27)26(31)16-30-25-15-28-12-10-19(25)14-29-30/h10,12,14-15,17-18,20-24H,3-9,11,13,16H2,1-2H3. The maximum atomic E-state index is 13.6. The summed E-state index contributed by atoms with van der Waals surface area (Å²) in [7, 11) is 0. The van der Waals surface area contributed by atoms with Crippen molar-refractivity contribution in [3.05, 3.63) is 24.7 Å². The third-order valence-corrected chi connectivity index (χ3v) is 10.4. The number of ketones is 1. The van der Waals surface area contributed by atoms with Crippen LogP contribution in [-0.2, 0) is 11.3 Å². The molecule has 2 heterocycles. The minimum atomic E-state index is 0.203. The zero-order chi connectivity index (χ0) is 21.2. The first-order valence-electron chi connectivity index (χ1n) is 12.8. The molecule has 4 aliphatic carbocycles. The van der Waals surface area contributed by atoms with Gasteiger partial charge in [-0.3, -0.25) is 14.5 Å². The number of aromatic nitrogens is 3. The number of hydrogen-bond donors (Lipinski definition) is 0. The molecule has 0 radical (unpaired) electrons. The first-order chi connectivity index (χ1) is 15.0. The Morgan fingerprint density at radius 2 is 1.94 bits per heavy atom. The van der Waals surface area contributed by atoms with Crippen molar-refractivity contribution in [3.8, 4) is 0 Å². The Morgan fingerprint density at radius 3 is 2.84 bits per heavy atom. The largest absolute Gasteiger partial charge is 0.297 e. The smallest absolute Gasteiger partial charge is 0.157 e. The number of rotatable bonds is 3. The molecule has 0 aromatic carbocycles. The van der Waals surface area contributed by atoms with Crippen molar-refractivity contribution < 1.29 is 4.79 Å². The van der Waals surface area contributed by atoms with Crippen molar-refractivity contribution in [1.82, 2.24) is 14.8 Å². The minimum absolute atomic E-state index is 0.203. The van der Waals surface area contributed by atoms with Crippen LogP contribution in [0.1, 0.15) is 71.6 Å². The highest BCUT2D eigenvalue weighted by Gasteiger charge is 2.58. The molecule has 0 N–H and O–H groups in total. The Balaban J connectivity index is 1.20.